The summed E-state index contributed by atoms with van der Waals surface area (Å²) in [7, 11) is 0. The second kappa shape index (κ2) is 7.61. The van der Waals surface area contributed by atoms with E-state index in [0.717, 1.165) is 50.6 Å². The number of hydrogen-bond acceptors (Lipinski definition) is 4. The van der Waals surface area contributed by atoms with Gasteiger partial charge in [0.2, 0.25) is 0 Å². The molecule has 2 atom stereocenters. The molecule has 1 saturated heterocycles. The number of morpholine rings is 1. The lowest BCUT2D eigenvalue weighted by molar-refractivity contribution is -0.0205. The average Bonchev–Trinajstić information content (AvgIpc) is 2.80. The normalized spacial score (nSPS) is 28.2. The average molecular weight is 374 g/mol. The van der Waals surface area contributed by atoms with Crippen LogP contribution in [-0.4, -0.2) is 48.2 Å². The molecule has 2 fully saturated rings. The van der Waals surface area contributed by atoms with Gasteiger partial charge in [0.05, 0.1) is 30.2 Å². The lowest BCUT2D eigenvalue weighted by atomic mass is 9.64. The van der Waals surface area contributed by atoms with Crippen molar-refractivity contribution in [1.29, 1.82) is 0 Å². The Balaban J connectivity index is 1.68. The van der Waals surface area contributed by atoms with Crippen LogP contribution in [-0.2, 0) is 4.74 Å². The van der Waals surface area contributed by atoms with Crippen molar-refractivity contribution in [3.8, 4) is 0 Å². The molecule has 0 unspecified atom stereocenters. The maximum absolute atomic E-state index is 5.71. The third-order valence-corrected chi connectivity index (χ3v) is 6.57. The molecule has 28 heavy (non-hydrogen) atoms. The van der Waals surface area contributed by atoms with Gasteiger partial charge in [0.15, 0.2) is 0 Å². The Bertz CT molecular complexity index is 871. The molecule has 4 heteroatoms. The quantitative estimate of drug-likeness (QED) is 0.810. The van der Waals surface area contributed by atoms with E-state index in [2.05, 4.69) is 65.6 Å². The maximum Gasteiger partial charge on any atom is 0.0912 e. The minimum atomic E-state index is -0.0870. The van der Waals surface area contributed by atoms with Gasteiger partial charge < -0.3 is 4.74 Å². The highest BCUT2D eigenvalue weighted by Crippen LogP contribution is 2.45. The molecule has 0 N–H and O–H groups in total. The molecule has 2 aromatic rings. The van der Waals surface area contributed by atoms with E-state index >= 15 is 0 Å². The summed E-state index contributed by atoms with van der Waals surface area (Å²) in [6, 6.07) is 21.3. The minimum absolute atomic E-state index is 0.0870. The third kappa shape index (κ3) is 2.92. The zero-order valence-electron chi connectivity index (χ0n) is 16.3. The van der Waals surface area contributed by atoms with Crippen LogP contribution in [0.1, 0.15) is 36.8 Å². The van der Waals surface area contributed by atoms with Crippen molar-refractivity contribution in [1.82, 2.24) is 4.90 Å². The van der Waals surface area contributed by atoms with Crippen molar-refractivity contribution in [3.05, 3.63) is 71.8 Å². The van der Waals surface area contributed by atoms with Gasteiger partial charge >= 0.3 is 0 Å². The Kier molecular flexibility index (Phi) is 4.83. The number of rotatable bonds is 3. The smallest absolute Gasteiger partial charge is 0.0912 e. The third-order valence-electron chi connectivity index (χ3n) is 6.57. The Hall–Kier alpha value is -2.30. The molecule has 2 aliphatic heterocycles. The molecule has 0 spiro atoms. The molecule has 0 bridgehead atoms. The van der Waals surface area contributed by atoms with Crippen molar-refractivity contribution in [3.63, 3.8) is 0 Å². The Morgan fingerprint density at radius 3 is 2.21 bits per heavy atom. The molecule has 4 nitrogen and oxygen atoms in total. The number of benzene rings is 2. The standard InChI is InChI=1S/C24H27N3O/c1-3-9-19(10-4-1)22-21-13-7-8-14-24(21,27-15-17-28-18-16-27)23(26-25-22)20-11-5-2-6-12-20/h1-6,9-12,21H,7-8,13-18H2/t21-,24+/m1/s1. The second-order valence-electron chi connectivity index (χ2n) is 7.99. The van der Waals surface area contributed by atoms with E-state index in [0.29, 0.717) is 5.92 Å². The van der Waals surface area contributed by atoms with Crippen LogP contribution in [0.3, 0.4) is 0 Å². The SMILES string of the molecule is c1ccc(C2=NN=C(c3ccccc3)[C@]3(N4CCOCC4)CCCC[C@H]23)cc1. The predicted molar refractivity (Wildman–Crippen MR) is 113 cm³/mol. The molecule has 3 aliphatic rings. The van der Waals surface area contributed by atoms with Crippen LogP contribution in [0.25, 0.3) is 0 Å². The van der Waals surface area contributed by atoms with Gasteiger partial charge in [-0.25, -0.2) is 0 Å². The van der Waals surface area contributed by atoms with Gasteiger partial charge in [-0.2, -0.15) is 10.2 Å². The summed E-state index contributed by atoms with van der Waals surface area (Å²) in [5.41, 5.74) is 4.64. The highest BCUT2D eigenvalue weighted by molar-refractivity contribution is 6.15. The largest absolute Gasteiger partial charge is 0.379 e. The summed E-state index contributed by atoms with van der Waals surface area (Å²) < 4.78 is 5.71. The van der Waals surface area contributed by atoms with E-state index in [4.69, 9.17) is 14.9 Å². The minimum Gasteiger partial charge on any atom is -0.379 e. The van der Waals surface area contributed by atoms with Crippen LogP contribution >= 0.6 is 0 Å². The molecule has 1 aliphatic carbocycles. The van der Waals surface area contributed by atoms with Crippen molar-refractivity contribution < 1.29 is 4.74 Å². The topological polar surface area (TPSA) is 37.2 Å². The first-order valence-electron chi connectivity index (χ1n) is 10.5. The number of ether oxygens (including phenoxy) is 1. The Labute approximate surface area is 166 Å². The molecule has 1 saturated carbocycles. The highest BCUT2D eigenvalue weighted by atomic mass is 16.5. The van der Waals surface area contributed by atoms with Crippen molar-refractivity contribution >= 4 is 11.4 Å². The van der Waals surface area contributed by atoms with E-state index in [1.807, 2.05) is 0 Å². The van der Waals surface area contributed by atoms with Gasteiger partial charge in [-0.3, -0.25) is 4.90 Å². The summed E-state index contributed by atoms with van der Waals surface area (Å²) in [6.07, 6.45) is 4.79. The monoisotopic (exact) mass is 373 g/mol. The lowest BCUT2D eigenvalue weighted by Gasteiger charge is -2.54. The predicted octanol–water partition coefficient (Wildman–Crippen LogP) is 4.15. The van der Waals surface area contributed by atoms with Crippen molar-refractivity contribution in [2.45, 2.75) is 31.2 Å². The van der Waals surface area contributed by atoms with Gasteiger partial charge in [0.1, 0.15) is 0 Å². The summed E-state index contributed by atoms with van der Waals surface area (Å²) in [5.74, 6) is 0.370. The fourth-order valence-electron chi connectivity index (χ4n) is 5.32. The Morgan fingerprint density at radius 1 is 0.821 bits per heavy atom. The Morgan fingerprint density at radius 2 is 1.50 bits per heavy atom. The van der Waals surface area contributed by atoms with Gasteiger partial charge in [-0.1, -0.05) is 73.5 Å². The van der Waals surface area contributed by atoms with Crippen LogP contribution in [0, 0.1) is 5.92 Å². The van der Waals surface area contributed by atoms with Crippen LogP contribution in [0.15, 0.2) is 70.9 Å². The van der Waals surface area contributed by atoms with E-state index < -0.39 is 0 Å². The molecule has 0 radical (unpaired) electrons. The van der Waals surface area contributed by atoms with Crippen molar-refractivity contribution in [2.24, 2.45) is 16.1 Å². The first kappa shape index (κ1) is 17.8. The lowest BCUT2D eigenvalue weighted by Crippen LogP contribution is -2.66. The fourth-order valence-corrected chi connectivity index (χ4v) is 5.32. The fraction of sp³-hybridized carbons (Fsp3) is 0.417. The summed E-state index contributed by atoms with van der Waals surface area (Å²) in [5, 5.41) is 9.74. The molecule has 2 aromatic carbocycles. The number of hydrogen-bond donors (Lipinski definition) is 0. The summed E-state index contributed by atoms with van der Waals surface area (Å²) in [4.78, 5) is 2.66. The molecule has 144 valence electrons. The van der Waals surface area contributed by atoms with Crippen LogP contribution < -0.4 is 0 Å². The van der Waals surface area contributed by atoms with Crippen LogP contribution in [0.5, 0.6) is 0 Å². The van der Waals surface area contributed by atoms with Gasteiger partial charge in [0, 0.05) is 19.0 Å². The van der Waals surface area contributed by atoms with E-state index in [9.17, 15) is 0 Å². The second-order valence-corrected chi connectivity index (χ2v) is 7.99. The molecular formula is C24H27N3O. The zero-order chi connectivity index (χ0) is 18.8. The van der Waals surface area contributed by atoms with E-state index in [1.165, 1.54) is 24.0 Å². The van der Waals surface area contributed by atoms with E-state index in [1.54, 1.807) is 0 Å². The molecule has 0 amide bonds. The van der Waals surface area contributed by atoms with Crippen LogP contribution in [0.2, 0.25) is 0 Å². The number of nitrogens with zero attached hydrogens (tertiary/aromatic N) is 3. The summed E-state index contributed by atoms with van der Waals surface area (Å²) in [6.45, 7) is 3.53. The van der Waals surface area contributed by atoms with Gasteiger partial charge in [0.25, 0.3) is 0 Å². The molecule has 0 aromatic heterocycles. The zero-order valence-corrected chi connectivity index (χ0v) is 16.3. The molecule has 2 heterocycles. The first-order chi connectivity index (χ1) is 13.9. The molecular weight excluding hydrogens is 346 g/mol. The maximum atomic E-state index is 5.71. The van der Waals surface area contributed by atoms with Crippen molar-refractivity contribution in [2.75, 3.05) is 26.3 Å². The van der Waals surface area contributed by atoms with Gasteiger partial charge in [-0.05, 0) is 24.0 Å². The van der Waals surface area contributed by atoms with Gasteiger partial charge in [-0.15, -0.1) is 0 Å². The summed E-state index contributed by atoms with van der Waals surface area (Å²) >= 11 is 0. The first-order valence-corrected chi connectivity index (χ1v) is 10.5. The van der Waals surface area contributed by atoms with Crippen LogP contribution in [0.4, 0.5) is 0 Å². The highest BCUT2D eigenvalue weighted by Gasteiger charge is 2.53. The molecule has 5 rings (SSSR count). The van der Waals surface area contributed by atoms with E-state index in [-0.39, 0.29) is 5.54 Å². The number of fused-ring (bicyclic) bond motifs is 1.